The van der Waals surface area contributed by atoms with Gasteiger partial charge in [-0.05, 0) is 30.8 Å². The number of hydrogen-bond donors (Lipinski definition) is 2. The van der Waals surface area contributed by atoms with E-state index in [2.05, 4.69) is 15.2 Å². The molecule has 1 aliphatic heterocycles. The van der Waals surface area contributed by atoms with Gasteiger partial charge < -0.3 is 25.4 Å². The zero-order chi connectivity index (χ0) is 22.4. The van der Waals surface area contributed by atoms with Gasteiger partial charge in [-0.3, -0.25) is 0 Å². The summed E-state index contributed by atoms with van der Waals surface area (Å²) in [5.74, 6) is 1.33. The van der Waals surface area contributed by atoms with E-state index in [-0.39, 0.29) is 17.4 Å². The van der Waals surface area contributed by atoms with Crippen LogP contribution in [0.3, 0.4) is 0 Å². The van der Waals surface area contributed by atoms with Crippen molar-refractivity contribution >= 4 is 21.7 Å². The zero-order valence-corrected chi connectivity index (χ0v) is 18.9. The monoisotopic (exact) mass is 447 g/mol. The SMILES string of the molecule is COc1ccc(NC(N)=NCc2ccccc2S(=O)(=O)N2CCN(C)CC2)cc1OC. The van der Waals surface area contributed by atoms with Gasteiger partial charge in [0.15, 0.2) is 17.5 Å². The van der Waals surface area contributed by atoms with E-state index in [9.17, 15) is 8.42 Å². The van der Waals surface area contributed by atoms with Gasteiger partial charge in [0.2, 0.25) is 10.0 Å². The van der Waals surface area contributed by atoms with E-state index < -0.39 is 10.0 Å². The molecule has 3 N–H and O–H groups in total. The largest absolute Gasteiger partial charge is 0.493 e. The number of benzene rings is 2. The van der Waals surface area contributed by atoms with Crippen molar-refractivity contribution in [2.75, 3.05) is 52.8 Å². The predicted molar refractivity (Wildman–Crippen MR) is 121 cm³/mol. The number of ether oxygens (including phenoxy) is 2. The van der Waals surface area contributed by atoms with Gasteiger partial charge in [-0.25, -0.2) is 13.4 Å². The normalized spacial score (nSPS) is 16.2. The fourth-order valence-corrected chi connectivity index (χ4v) is 4.96. The highest BCUT2D eigenvalue weighted by Crippen LogP contribution is 2.29. The molecule has 0 bridgehead atoms. The predicted octanol–water partition coefficient (Wildman–Crippen LogP) is 1.57. The van der Waals surface area contributed by atoms with E-state index in [1.54, 1.807) is 56.7 Å². The highest BCUT2D eigenvalue weighted by atomic mass is 32.2. The van der Waals surface area contributed by atoms with Crippen molar-refractivity contribution in [3.63, 3.8) is 0 Å². The third-order valence-electron chi connectivity index (χ3n) is 5.13. The average Bonchev–Trinajstić information content (AvgIpc) is 2.78. The topological polar surface area (TPSA) is 109 Å². The van der Waals surface area contributed by atoms with Crippen LogP contribution >= 0.6 is 0 Å². The van der Waals surface area contributed by atoms with Gasteiger partial charge in [-0.15, -0.1) is 0 Å². The summed E-state index contributed by atoms with van der Waals surface area (Å²) < 4.78 is 38.4. The molecule has 10 heteroatoms. The molecule has 2 aromatic rings. The molecule has 0 amide bonds. The number of sulfonamides is 1. The molecule has 9 nitrogen and oxygen atoms in total. The molecule has 0 atom stereocenters. The summed E-state index contributed by atoms with van der Waals surface area (Å²) in [6, 6.07) is 12.2. The molecule has 0 aliphatic carbocycles. The van der Waals surface area contributed by atoms with Gasteiger partial charge >= 0.3 is 0 Å². The minimum atomic E-state index is -3.59. The summed E-state index contributed by atoms with van der Waals surface area (Å²) in [6.07, 6.45) is 0. The first kappa shape index (κ1) is 22.9. The van der Waals surface area contributed by atoms with Gasteiger partial charge in [0.05, 0.1) is 25.7 Å². The van der Waals surface area contributed by atoms with E-state index in [0.29, 0.717) is 48.9 Å². The van der Waals surface area contributed by atoms with E-state index in [1.807, 2.05) is 7.05 Å². The molecule has 1 fully saturated rings. The standard InChI is InChI=1S/C21H29N5O4S/c1-25-10-12-26(13-11-25)31(27,28)20-7-5-4-6-16(20)15-23-21(22)24-17-8-9-18(29-2)19(14-17)30-3/h4-9,14H,10-13,15H2,1-3H3,(H3,22,23,24). The highest BCUT2D eigenvalue weighted by Gasteiger charge is 2.29. The maximum Gasteiger partial charge on any atom is 0.243 e. The van der Waals surface area contributed by atoms with Crippen molar-refractivity contribution in [3.8, 4) is 11.5 Å². The number of piperazine rings is 1. The number of rotatable bonds is 7. The molecular weight excluding hydrogens is 418 g/mol. The Morgan fingerprint density at radius 3 is 2.42 bits per heavy atom. The summed E-state index contributed by atoms with van der Waals surface area (Å²) in [4.78, 5) is 6.72. The lowest BCUT2D eigenvalue weighted by atomic mass is 10.2. The Morgan fingerprint density at radius 2 is 1.74 bits per heavy atom. The number of nitrogens with zero attached hydrogens (tertiary/aromatic N) is 3. The third kappa shape index (κ3) is 5.46. The maximum absolute atomic E-state index is 13.2. The van der Waals surface area contributed by atoms with Gasteiger partial charge in [0.25, 0.3) is 0 Å². The van der Waals surface area contributed by atoms with Crippen LogP contribution in [0.15, 0.2) is 52.4 Å². The third-order valence-corrected chi connectivity index (χ3v) is 7.13. The van der Waals surface area contributed by atoms with Crippen molar-refractivity contribution in [2.45, 2.75) is 11.4 Å². The molecule has 0 radical (unpaired) electrons. The molecule has 0 spiro atoms. The second-order valence-electron chi connectivity index (χ2n) is 7.21. The van der Waals surface area contributed by atoms with Crippen LogP contribution in [0.4, 0.5) is 5.69 Å². The first-order valence-corrected chi connectivity index (χ1v) is 11.3. The van der Waals surface area contributed by atoms with Crippen LogP contribution < -0.4 is 20.5 Å². The number of nitrogens with one attached hydrogen (secondary N) is 1. The quantitative estimate of drug-likeness (QED) is 0.490. The fraction of sp³-hybridized carbons (Fsp3) is 0.381. The summed E-state index contributed by atoms with van der Waals surface area (Å²) in [5, 5.41) is 2.99. The molecule has 3 rings (SSSR count). The van der Waals surface area contributed by atoms with Crippen molar-refractivity contribution in [1.29, 1.82) is 0 Å². The van der Waals surface area contributed by atoms with Crippen LogP contribution in [-0.4, -0.2) is 71.0 Å². The summed E-state index contributed by atoms with van der Waals surface area (Å²) in [6.45, 7) is 2.50. The first-order valence-electron chi connectivity index (χ1n) is 9.90. The van der Waals surface area contributed by atoms with Crippen molar-refractivity contribution in [2.24, 2.45) is 10.7 Å². The van der Waals surface area contributed by atoms with E-state index in [1.165, 1.54) is 4.31 Å². The number of hydrogen-bond acceptors (Lipinski definition) is 6. The highest BCUT2D eigenvalue weighted by molar-refractivity contribution is 7.89. The van der Waals surface area contributed by atoms with Gasteiger partial charge in [-0.1, -0.05) is 18.2 Å². The lowest BCUT2D eigenvalue weighted by Gasteiger charge is -2.32. The van der Waals surface area contributed by atoms with Crippen LogP contribution in [0.5, 0.6) is 11.5 Å². The van der Waals surface area contributed by atoms with Crippen molar-refractivity contribution in [1.82, 2.24) is 9.21 Å². The average molecular weight is 448 g/mol. The Hall–Kier alpha value is -2.82. The van der Waals surface area contributed by atoms with Gasteiger partial charge in [0, 0.05) is 37.9 Å². The number of guanidine groups is 1. The molecular formula is C21H29N5O4S. The Bertz CT molecular complexity index is 1030. The Morgan fingerprint density at radius 1 is 1.06 bits per heavy atom. The summed E-state index contributed by atoms with van der Waals surface area (Å²) in [5.41, 5.74) is 7.31. The number of likely N-dealkylation sites (N-methyl/N-ethyl adjacent to an activating group) is 1. The Balaban J connectivity index is 1.75. The number of nitrogens with two attached hydrogens (primary N) is 1. The fourth-order valence-electron chi connectivity index (χ4n) is 3.33. The lowest BCUT2D eigenvalue weighted by Crippen LogP contribution is -2.47. The summed E-state index contributed by atoms with van der Waals surface area (Å²) in [7, 11) is 1.51. The molecule has 0 saturated carbocycles. The lowest BCUT2D eigenvalue weighted by molar-refractivity contribution is 0.222. The molecule has 1 aliphatic rings. The number of methoxy groups -OCH3 is 2. The van der Waals surface area contributed by atoms with Crippen LogP contribution in [0, 0.1) is 0 Å². The van der Waals surface area contributed by atoms with Crippen molar-refractivity contribution < 1.29 is 17.9 Å². The Kier molecular flexibility index (Phi) is 7.37. The van der Waals surface area contributed by atoms with Crippen LogP contribution in [0.1, 0.15) is 5.56 Å². The van der Waals surface area contributed by atoms with Gasteiger partial charge in [0.1, 0.15) is 0 Å². The second kappa shape index (κ2) is 9.99. The van der Waals surface area contributed by atoms with Crippen LogP contribution in [-0.2, 0) is 16.6 Å². The minimum absolute atomic E-state index is 0.134. The Labute approximate surface area is 183 Å². The summed E-state index contributed by atoms with van der Waals surface area (Å²) >= 11 is 0. The minimum Gasteiger partial charge on any atom is -0.493 e. The van der Waals surface area contributed by atoms with E-state index >= 15 is 0 Å². The smallest absolute Gasteiger partial charge is 0.243 e. The molecule has 0 unspecified atom stereocenters. The molecule has 2 aromatic carbocycles. The van der Waals surface area contributed by atoms with Crippen molar-refractivity contribution in [3.05, 3.63) is 48.0 Å². The molecule has 1 saturated heterocycles. The molecule has 0 aromatic heterocycles. The van der Waals surface area contributed by atoms with Crippen LogP contribution in [0.2, 0.25) is 0 Å². The maximum atomic E-state index is 13.2. The molecule has 168 valence electrons. The van der Waals surface area contributed by atoms with Gasteiger partial charge in [-0.2, -0.15) is 4.31 Å². The first-order chi connectivity index (χ1) is 14.8. The van der Waals surface area contributed by atoms with Crippen LogP contribution in [0.25, 0.3) is 0 Å². The zero-order valence-electron chi connectivity index (χ0n) is 18.0. The molecule has 31 heavy (non-hydrogen) atoms. The number of aliphatic imine (C=N–C) groups is 1. The second-order valence-corrected chi connectivity index (χ2v) is 9.12. The van der Waals surface area contributed by atoms with E-state index in [4.69, 9.17) is 15.2 Å². The number of anilines is 1. The van der Waals surface area contributed by atoms with E-state index in [0.717, 1.165) is 0 Å². The molecule has 1 heterocycles.